The van der Waals surface area contributed by atoms with E-state index in [1.807, 2.05) is 0 Å². The van der Waals surface area contributed by atoms with Gasteiger partial charge in [-0.25, -0.2) is 0 Å². The summed E-state index contributed by atoms with van der Waals surface area (Å²) in [6.07, 6.45) is 9.72. The highest BCUT2D eigenvalue weighted by molar-refractivity contribution is 5.38. The number of ether oxygens (including phenoxy) is 3. The fourth-order valence-electron chi connectivity index (χ4n) is 7.51. The fourth-order valence-corrected chi connectivity index (χ4v) is 7.51. The molecule has 2 aromatic carbocycles. The largest absolute Gasteiger partial charge is 0.493 e. The van der Waals surface area contributed by atoms with E-state index in [1.165, 1.54) is 49.7 Å². The van der Waals surface area contributed by atoms with Crippen LogP contribution in [-0.4, -0.2) is 18.5 Å². The van der Waals surface area contributed by atoms with E-state index >= 15 is 0 Å². The predicted octanol–water partition coefficient (Wildman–Crippen LogP) is 7.46. The minimum Gasteiger partial charge on any atom is -0.493 e. The van der Waals surface area contributed by atoms with Crippen molar-refractivity contribution in [2.75, 3.05) is 6.61 Å². The maximum Gasteiger partial charge on any atom is 0.207 e. The molecule has 1 aliphatic heterocycles. The van der Waals surface area contributed by atoms with Gasteiger partial charge in [0.25, 0.3) is 0 Å². The lowest BCUT2D eigenvalue weighted by molar-refractivity contribution is -0.239. The van der Waals surface area contributed by atoms with Crippen LogP contribution in [0.1, 0.15) is 88.2 Å². The summed E-state index contributed by atoms with van der Waals surface area (Å²) in [7, 11) is 0. The number of fused-ring (bicyclic) bond motifs is 1. The first-order valence-electron chi connectivity index (χ1n) is 13.3. The molecule has 0 saturated heterocycles. The zero-order chi connectivity index (χ0) is 22.4. The van der Waals surface area contributed by atoms with Gasteiger partial charge in [-0.3, -0.25) is 0 Å². The molecular formula is C30H38O3. The van der Waals surface area contributed by atoms with Gasteiger partial charge in [0.15, 0.2) is 0 Å². The topological polar surface area (TPSA) is 27.7 Å². The van der Waals surface area contributed by atoms with Crippen molar-refractivity contribution in [1.29, 1.82) is 0 Å². The van der Waals surface area contributed by atoms with Gasteiger partial charge < -0.3 is 14.2 Å². The van der Waals surface area contributed by atoms with Crippen molar-refractivity contribution >= 4 is 0 Å². The summed E-state index contributed by atoms with van der Waals surface area (Å²) >= 11 is 0. The smallest absolute Gasteiger partial charge is 0.207 e. The molecule has 0 amide bonds. The molecule has 3 atom stereocenters. The SMILES string of the molecule is CCC(C)c1ccc(OC(OC23CC4CC(CC(C4)C2)C3)C2CCOc3ccccc32)cc1. The summed E-state index contributed by atoms with van der Waals surface area (Å²) in [4.78, 5) is 0. The van der Waals surface area contributed by atoms with Crippen LogP contribution in [0.5, 0.6) is 11.5 Å². The highest BCUT2D eigenvalue weighted by Crippen LogP contribution is 2.58. The summed E-state index contributed by atoms with van der Waals surface area (Å²) < 4.78 is 19.9. The molecule has 5 aliphatic rings. The van der Waals surface area contributed by atoms with E-state index in [4.69, 9.17) is 14.2 Å². The molecule has 0 radical (unpaired) electrons. The highest BCUT2D eigenvalue weighted by atomic mass is 16.7. The first-order valence-corrected chi connectivity index (χ1v) is 13.3. The lowest BCUT2D eigenvalue weighted by Gasteiger charge is -2.57. The van der Waals surface area contributed by atoms with E-state index in [0.717, 1.165) is 48.7 Å². The Morgan fingerprint density at radius 1 is 0.939 bits per heavy atom. The molecule has 0 aromatic heterocycles. The number of hydrogen-bond donors (Lipinski definition) is 0. The average Bonchev–Trinajstić information content (AvgIpc) is 2.82. The lowest BCUT2D eigenvalue weighted by atomic mass is 9.54. The van der Waals surface area contributed by atoms with Crippen LogP contribution in [0.15, 0.2) is 48.5 Å². The molecule has 2 aromatic rings. The Morgan fingerprint density at radius 3 is 2.27 bits per heavy atom. The fraction of sp³-hybridized carbons (Fsp3) is 0.600. The van der Waals surface area contributed by atoms with Crippen LogP contribution >= 0.6 is 0 Å². The van der Waals surface area contributed by atoms with Crippen LogP contribution in [0.2, 0.25) is 0 Å². The highest BCUT2D eigenvalue weighted by Gasteiger charge is 2.53. The van der Waals surface area contributed by atoms with Gasteiger partial charge in [0.2, 0.25) is 6.29 Å². The molecule has 7 rings (SSSR count). The van der Waals surface area contributed by atoms with Gasteiger partial charge in [0, 0.05) is 5.56 Å². The minimum absolute atomic E-state index is 0.00330. The summed E-state index contributed by atoms with van der Waals surface area (Å²) in [5.41, 5.74) is 2.61. The molecule has 4 aliphatic carbocycles. The third kappa shape index (κ3) is 4.18. The van der Waals surface area contributed by atoms with Crippen LogP contribution in [0.25, 0.3) is 0 Å². The summed E-state index contributed by atoms with van der Waals surface area (Å²) in [6, 6.07) is 17.2. The van der Waals surface area contributed by atoms with Crippen LogP contribution in [0, 0.1) is 17.8 Å². The van der Waals surface area contributed by atoms with E-state index in [0.29, 0.717) is 5.92 Å². The molecule has 4 bridgehead atoms. The molecular weight excluding hydrogens is 408 g/mol. The van der Waals surface area contributed by atoms with E-state index in [9.17, 15) is 0 Å². The molecule has 176 valence electrons. The molecule has 0 N–H and O–H groups in total. The van der Waals surface area contributed by atoms with Crippen LogP contribution < -0.4 is 9.47 Å². The average molecular weight is 447 g/mol. The van der Waals surface area contributed by atoms with Gasteiger partial charge in [-0.1, -0.05) is 44.2 Å². The zero-order valence-corrected chi connectivity index (χ0v) is 20.2. The number of hydrogen-bond acceptors (Lipinski definition) is 3. The maximum absolute atomic E-state index is 7.17. The van der Waals surface area contributed by atoms with E-state index in [1.54, 1.807) is 0 Å². The second-order valence-corrected chi connectivity index (χ2v) is 11.4. The van der Waals surface area contributed by atoms with Crippen molar-refractivity contribution < 1.29 is 14.2 Å². The summed E-state index contributed by atoms with van der Waals surface area (Å²) in [5, 5.41) is 0. The van der Waals surface area contributed by atoms with E-state index in [2.05, 4.69) is 62.4 Å². The van der Waals surface area contributed by atoms with Crippen molar-refractivity contribution in [1.82, 2.24) is 0 Å². The van der Waals surface area contributed by atoms with Crippen molar-refractivity contribution in [3.63, 3.8) is 0 Å². The molecule has 3 heteroatoms. The molecule has 3 nitrogen and oxygen atoms in total. The van der Waals surface area contributed by atoms with Gasteiger partial charge in [-0.15, -0.1) is 0 Å². The second-order valence-electron chi connectivity index (χ2n) is 11.4. The molecule has 4 fully saturated rings. The van der Waals surface area contributed by atoms with Gasteiger partial charge in [-0.05, 0) is 98.8 Å². The molecule has 33 heavy (non-hydrogen) atoms. The van der Waals surface area contributed by atoms with Crippen LogP contribution in [0.4, 0.5) is 0 Å². The predicted molar refractivity (Wildman–Crippen MR) is 131 cm³/mol. The molecule has 4 saturated carbocycles. The maximum atomic E-state index is 7.17. The Labute approximate surface area is 198 Å². The Balaban J connectivity index is 1.30. The first kappa shape index (κ1) is 21.5. The molecule has 0 spiro atoms. The lowest BCUT2D eigenvalue weighted by Crippen LogP contribution is -2.54. The second kappa shape index (κ2) is 8.65. The van der Waals surface area contributed by atoms with Crippen molar-refractivity contribution in [3.8, 4) is 11.5 Å². The van der Waals surface area contributed by atoms with Crippen molar-refractivity contribution in [3.05, 3.63) is 59.7 Å². The first-order chi connectivity index (χ1) is 16.1. The van der Waals surface area contributed by atoms with Gasteiger partial charge >= 0.3 is 0 Å². The Morgan fingerprint density at radius 2 is 1.61 bits per heavy atom. The monoisotopic (exact) mass is 446 g/mol. The Hall–Kier alpha value is -2.00. The summed E-state index contributed by atoms with van der Waals surface area (Å²) in [6.45, 7) is 5.25. The van der Waals surface area contributed by atoms with Crippen LogP contribution in [-0.2, 0) is 4.74 Å². The normalized spacial score (nSPS) is 33.8. The summed E-state index contributed by atoms with van der Waals surface area (Å²) in [5.74, 6) is 5.23. The van der Waals surface area contributed by atoms with E-state index in [-0.39, 0.29) is 17.8 Å². The molecule has 1 heterocycles. The van der Waals surface area contributed by atoms with Crippen molar-refractivity contribution in [2.45, 2.75) is 88.9 Å². The number of benzene rings is 2. The quantitative estimate of drug-likeness (QED) is 0.413. The Kier molecular flexibility index (Phi) is 5.64. The van der Waals surface area contributed by atoms with Gasteiger partial charge in [0.05, 0.1) is 18.1 Å². The number of rotatable bonds is 7. The van der Waals surface area contributed by atoms with Gasteiger partial charge in [-0.2, -0.15) is 0 Å². The van der Waals surface area contributed by atoms with E-state index < -0.39 is 0 Å². The molecule has 3 unspecified atom stereocenters. The standard InChI is InChI=1S/C30H38O3/c1-3-20(2)24-8-10-25(11-9-24)32-29(27-12-13-31-28-7-5-4-6-26(27)28)33-30-17-21-14-22(18-30)16-23(15-21)19-30/h4-11,20-23,27,29H,3,12-19H2,1-2H3. The minimum atomic E-state index is -0.277. The Bertz CT molecular complexity index is 929. The zero-order valence-electron chi connectivity index (χ0n) is 20.2. The number of para-hydroxylation sites is 1. The third-order valence-corrected chi connectivity index (χ3v) is 9.00. The third-order valence-electron chi connectivity index (χ3n) is 9.00. The van der Waals surface area contributed by atoms with Gasteiger partial charge in [0.1, 0.15) is 11.5 Å². The van der Waals surface area contributed by atoms with Crippen LogP contribution in [0.3, 0.4) is 0 Å². The van der Waals surface area contributed by atoms with Crippen molar-refractivity contribution in [2.24, 2.45) is 17.8 Å².